The Morgan fingerprint density at radius 2 is 1.85 bits per heavy atom. The average Bonchev–Trinajstić information content (AvgIpc) is 2.15. The number of hydrogen-bond acceptors (Lipinski definition) is 1. The molecule has 0 aliphatic heterocycles. The topological polar surface area (TPSA) is 24.1 Å². The first kappa shape index (κ1) is 8.51. The Morgan fingerprint density at radius 3 is 2.54 bits per heavy atom. The Hall–Kier alpha value is -1.09. The number of aromatic nitrogens is 1. The van der Waals surface area contributed by atoms with Crippen LogP contribution in [-0.2, 0) is 7.05 Å². The lowest BCUT2D eigenvalue weighted by Gasteiger charge is -2.00. The third-order valence-corrected chi connectivity index (χ3v) is 2.70. The van der Waals surface area contributed by atoms with Crippen molar-refractivity contribution in [3.05, 3.63) is 34.9 Å². The number of benzene rings is 1. The highest BCUT2D eigenvalue weighted by Crippen LogP contribution is 2.26. The molecule has 0 saturated carbocycles. The molecule has 1 aromatic heterocycles. The van der Waals surface area contributed by atoms with Gasteiger partial charge in [-0.05, 0) is 22.0 Å². The summed E-state index contributed by atoms with van der Waals surface area (Å²) in [5.41, 5.74) is 0. The van der Waals surface area contributed by atoms with Gasteiger partial charge in [-0.15, -0.1) is 0 Å². The molecule has 3 heteroatoms. The Labute approximate surface area is 84.6 Å². The molecule has 0 bridgehead atoms. The SMILES string of the molecule is C[n+]1cc(Br)c2ccccc2c1O. The highest BCUT2D eigenvalue weighted by atomic mass is 79.9. The summed E-state index contributed by atoms with van der Waals surface area (Å²) in [5, 5.41) is 11.6. The van der Waals surface area contributed by atoms with Crippen LogP contribution >= 0.6 is 15.9 Å². The second kappa shape index (κ2) is 3.00. The zero-order valence-electron chi connectivity index (χ0n) is 7.16. The van der Waals surface area contributed by atoms with Crippen LogP contribution < -0.4 is 4.57 Å². The van der Waals surface area contributed by atoms with Crippen LogP contribution in [0.25, 0.3) is 10.8 Å². The van der Waals surface area contributed by atoms with Gasteiger partial charge in [0.2, 0.25) is 0 Å². The summed E-state index contributed by atoms with van der Waals surface area (Å²) in [6.45, 7) is 0. The molecule has 0 aliphatic carbocycles. The third kappa shape index (κ3) is 1.29. The molecule has 1 heterocycles. The number of aromatic hydroxyl groups is 1. The van der Waals surface area contributed by atoms with Crippen LogP contribution in [0.1, 0.15) is 0 Å². The number of nitrogens with zero attached hydrogens (tertiary/aromatic N) is 1. The molecule has 1 N–H and O–H groups in total. The lowest BCUT2D eigenvalue weighted by atomic mass is 10.2. The summed E-state index contributed by atoms with van der Waals surface area (Å²) in [6, 6.07) is 7.73. The third-order valence-electron chi connectivity index (χ3n) is 2.07. The van der Waals surface area contributed by atoms with Crippen LogP contribution in [0.5, 0.6) is 5.88 Å². The first-order chi connectivity index (χ1) is 6.20. The number of rotatable bonds is 0. The molecule has 0 saturated heterocycles. The number of aryl methyl sites for hydroxylation is 1. The van der Waals surface area contributed by atoms with Gasteiger partial charge in [0.05, 0.1) is 9.86 Å². The van der Waals surface area contributed by atoms with E-state index in [1.807, 2.05) is 37.5 Å². The lowest BCUT2D eigenvalue weighted by Crippen LogP contribution is -2.27. The summed E-state index contributed by atoms with van der Waals surface area (Å²) in [4.78, 5) is 0. The molecule has 0 atom stereocenters. The summed E-state index contributed by atoms with van der Waals surface area (Å²) in [5.74, 6) is 0.291. The molecule has 66 valence electrons. The van der Waals surface area contributed by atoms with Crippen molar-refractivity contribution in [1.29, 1.82) is 0 Å². The zero-order valence-corrected chi connectivity index (χ0v) is 8.75. The molecule has 1 aromatic carbocycles. The van der Waals surface area contributed by atoms with Gasteiger partial charge in [-0.2, -0.15) is 4.57 Å². The Bertz CT molecular complexity index is 468. The predicted molar refractivity (Wildman–Crippen MR) is 54.5 cm³/mol. The molecule has 2 aromatic rings. The number of hydrogen-bond donors (Lipinski definition) is 1. The second-order valence-corrected chi connectivity index (χ2v) is 3.81. The van der Waals surface area contributed by atoms with Gasteiger partial charge in [0.15, 0.2) is 6.20 Å². The van der Waals surface area contributed by atoms with Crippen molar-refractivity contribution in [1.82, 2.24) is 0 Å². The Kier molecular flexibility index (Phi) is 1.96. The maximum atomic E-state index is 9.72. The van der Waals surface area contributed by atoms with E-state index in [1.54, 1.807) is 4.57 Å². The first-order valence-electron chi connectivity index (χ1n) is 3.96. The molecular formula is C10H9BrNO+. The lowest BCUT2D eigenvalue weighted by molar-refractivity contribution is -0.676. The maximum absolute atomic E-state index is 9.72. The van der Waals surface area contributed by atoms with E-state index in [0.29, 0.717) is 5.88 Å². The first-order valence-corrected chi connectivity index (χ1v) is 4.75. The number of fused-ring (bicyclic) bond motifs is 1. The quantitative estimate of drug-likeness (QED) is 0.699. The summed E-state index contributed by atoms with van der Waals surface area (Å²) >= 11 is 3.45. The fraction of sp³-hybridized carbons (Fsp3) is 0.100. The Balaban J connectivity index is 2.97. The summed E-state index contributed by atoms with van der Waals surface area (Å²) in [6.07, 6.45) is 1.84. The molecule has 0 amide bonds. The van der Waals surface area contributed by atoms with Crippen LogP contribution in [0.15, 0.2) is 34.9 Å². The smallest absolute Gasteiger partial charge is 0.373 e. The van der Waals surface area contributed by atoms with Crippen LogP contribution in [0, 0.1) is 0 Å². The van der Waals surface area contributed by atoms with Gasteiger partial charge in [-0.25, -0.2) is 0 Å². The van der Waals surface area contributed by atoms with E-state index >= 15 is 0 Å². The molecule has 13 heavy (non-hydrogen) atoms. The molecule has 0 unspecified atom stereocenters. The van der Waals surface area contributed by atoms with E-state index in [1.165, 1.54) is 0 Å². The van der Waals surface area contributed by atoms with Crippen molar-refractivity contribution in [2.45, 2.75) is 0 Å². The van der Waals surface area contributed by atoms with E-state index in [2.05, 4.69) is 15.9 Å². The maximum Gasteiger partial charge on any atom is 0.373 e. The van der Waals surface area contributed by atoms with Gasteiger partial charge >= 0.3 is 5.88 Å². The van der Waals surface area contributed by atoms with Gasteiger partial charge in [0.25, 0.3) is 0 Å². The van der Waals surface area contributed by atoms with E-state index in [9.17, 15) is 5.11 Å². The second-order valence-electron chi connectivity index (χ2n) is 2.96. The van der Waals surface area contributed by atoms with Crippen molar-refractivity contribution in [2.24, 2.45) is 7.05 Å². The predicted octanol–water partition coefficient (Wildman–Crippen LogP) is 2.13. The van der Waals surface area contributed by atoms with Crippen LogP contribution in [0.4, 0.5) is 0 Å². The van der Waals surface area contributed by atoms with Gasteiger partial charge in [0.1, 0.15) is 7.05 Å². The van der Waals surface area contributed by atoms with Gasteiger partial charge in [-0.1, -0.05) is 18.2 Å². The van der Waals surface area contributed by atoms with Gasteiger partial charge < -0.3 is 5.11 Å². The monoisotopic (exact) mass is 238 g/mol. The largest absolute Gasteiger partial charge is 0.459 e. The molecule has 0 radical (unpaired) electrons. The van der Waals surface area contributed by atoms with Crippen LogP contribution in [-0.4, -0.2) is 5.11 Å². The van der Waals surface area contributed by atoms with Crippen molar-refractivity contribution in [3.63, 3.8) is 0 Å². The highest BCUT2D eigenvalue weighted by molar-refractivity contribution is 9.10. The normalized spacial score (nSPS) is 10.6. The van der Waals surface area contributed by atoms with Crippen molar-refractivity contribution in [3.8, 4) is 5.88 Å². The number of halogens is 1. The fourth-order valence-corrected chi connectivity index (χ4v) is 2.03. The van der Waals surface area contributed by atoms with E-state index in [-0.39, 0.29) is 0 Å². The minimum Gasteiger partial charge on any atom is -0.459 e. The minimum absolute atomic E-state index is 0.291. The molecule has 0 aliphatic rings. The van der Waals surface area contributed by atoms with Crippen molar-refractivity contribution in [2.75, 3.05) is 0 Å². The average molecular weight is 239 g/mol. The zero-order chi connectivity index (χ0) is 9.42. The molecule has 2 nitrogen and oxygen atoms in total. The van der Waals surface area contributed by atoms with Gasteiger partial charge in [0, 0.05) is 5.39 Å². The molecule has 0 fully saturated rings. The fourth-order valence-electron chi connectivity index (χ4n) is 1.38. The minimum atomic E-state index is 0.291. The Morgan fingerprint density at radius 1 is 1.23 bits per heavy atom. The van der Waals surface area contributed by atoms with Crippen LogP contribution in [0.2, 0.25) is 0 Å². The van der Waals surface area contributed by atoms with E-state index in [4.69, 9.17) is 0 Å². The number of pyridine rings is 1. The summed E-state index contributed by atoms with van der Waals surface area (Å²) in [7, 11) is 1.81. The highest BCUT2D eigenvalue weighted by Gasteiger charge is 2.12. The molecular weight excluding hydrogens is 230 g/mol. The molecule has 0 spiro atoms. The van der Waals surface area contributed by atoms with Crippen molar-refractivity contribution >= 4 is 26.7 Å². The standard InChI is InChI=1S/C10H8BrNO/c1-12-6-9(11)7-4-2-3-5-8(7)10(12)13/h2-6H,1H3/p+1. The van der Waals surface area contributed by atoms with E-state index < -0.39 is 0 Å². The van der Waals surface area contributed by atoms with Crippen molar-refractivity contribution < 1.29 is 9.67 Å². The molecule has 2 rings (SSSR count). The van der Waals surface area contributed by atoms with Gasteiger partial charge in [-0.3, -0.25) is 0 Å². The summed E-state index contributed by atoms with van der Waals surface area (Å²) < 4.78 is 2.68. The van der Waals surface area contributed by atoms with E-state index in [0.717, 1.165) is 15.2 Å². The van der Waals surface area contributed by atoms with Crippen LogP contribution in [0.3, 0.4) is 0 Å².